The molecular formula is C8H7N2O5S+. The predicted molar refractivity (Wildman–Crippen MR) is 50.0 cm³/mol. The molecule has 7 nitrogen and oxygen atoms in total. The van der Waals surface area contributed by atoms with Crippen molar-refractivity contribution < 1.29 is 22.8 Å². The van der Waals surface area contributed by atoms with Gasteiger partial charge in [-0.15, -0.1) is 0 Å². The highest BCUT2D eigenvalue weighted by atomic mass is 32.2. The normalized spacial score (nSPS) is 11.5. The Morgan fingerprint density at radius 2 is 1.88 bits per heavy atom. The van der Waals surface area contributed by atoms with Crippen molar-refractivity contribution in [3.8, 4) is 5.88 Å². The Bertz CT molecular complexity index is 655. The fraction of sp³-hybridized carbons (Fsp3) is 0. The molecule has 0 aliphatic carbocycles. The Kier molecular flexibility index (Phi) is 2.27. The van der Waals surface area contributed by atoms with Crippen molar-refractivity contribution in [2.24, 2.45) is 0 Å². The molecule has 1 aromatic heterocycles. The fourth-order valence-electron chi connectivity index (χ4n) is 1.19. The van der Waals surface area contributed by atoms with Crippen molar-refractivity contribution in [3.63, 3.8) is 0 Å². The Morgan fingerprint density at radius 3 is 2.38 bits per heavy atom. The summed E-state index contributed by atoms with van der Waals surface area (Å²) in [6, 6.07) is 7.25. The molecule has 0 fully saturated rings. The van der Waals surface area contributed by atoms with Crippen LogP contribution in [-0.4, -0.2) is 18.7 Å². The number of nitrogens with zero attached hydrogens (tertiary/aromatic N) is 1. The minimum Gasteiger partial charge on any atom is -0.472 e. The average molecular weight is 243 g/mol. The van der Waals surface area contributed by atoms with Crippen LogP contribution in [0.1, 0.15) is 0 Å². The van der Waals surface area contributed by atoms with Crippen LogP contribution in [0.3, 0.4) is 0 Å². The molecule has 0 aliphatic heterocycles. The highest BCUT2D eigenvalue weighted by Gasteiger charge is 2.35. The molecule has 0 radical (unpaired) electrons. The summed E-state index contributed by atoms with van der Waals surface area (Å²) in [6.45, 7) is 0. The fourth-order valence-corrected chi connectivity index (χ4v) is 2.46. The lowest BCUT2D eigenvalue weighted by Crippen LogP contribution is -2.20. The summed E-state index contributed by atoms with van der Waals surface area (Å²) in [5.41, 5.74) is 0. The third-order valence-electron chi connectivity index (χ3n) is 1.90. The maximum absolute atomic E-state index is 11.9. The van der Waals surface area contributed by atoms with E-state index in [0.29, 0.717) is 0 Å². The van der Waals surface area contributed by atoms with Gasteiger partial charge in [0.2, 0.25) is 4.60 Å². The Morgan fingerprint density at radius 1 is 1.25 bits per heavy atom. The third-order valence-corrected chi connectivity index (χ3v) is 3.65. The number of hydrogen-bond donors (Lipinski definition) is 2. The van der Waals surface area contributed by atoms with Gasteiger partial charge < -0.3 is 5.11 Å². The number of benzene rings is 1. The molecule has 2 aromatic rings. The average Bonchev–Trinajstić information content (AvgIpc) is 2.60. The molecule has 1 heterocycles. The maximum Gasteiger partial charge on any atom is 0.404 e. The summed E-state index contributed by atoms with van der Waals surface area (Å²) in [5.74, 6) is -0.834. The monoisotopic (exact) mass is 243 g/mol. The van der Waals surface area contributed by atoms with E-state index >= 15 is 0 Å². The second-order valence-corrected chi connectivity index (χ2v) is 4.79. The molecule has 2 N–H and O–H groups in total. The van der Waals surface area contributed by atoms with Crippen molar-refractivity contribution in [2.45, 2.75) is 9.92 Å². The maximum atomic E-state index is 11.9. The van der Waals surface area contributed by atoms with Crippen molar-refractivity contribution in [2.75, 3.05) is 0 Å². The van der Waals surface area contributed by atoms with Crippen LogP contribution in [0, 0.1) is 4.91 Å². The molecule has 0 aliphatic rings. The van der Waals surface area contributed by atoms with Crippen LogP contribution >= 0.6 is 0 Å². The van der Waals surface area contributed by atoms with E-state index in [1.165, 1.54) is 24.3 Å². The van der Waals surface area contributed by atoms with Crippen LogP contribution in [0.4, 0.5) is 0 Å². The quantitative estimate of drug-likeness (QED) is 0.775. The van der Waals surface area contributed by atoms with Gasteiger partial charge in [0.05, 0.1) is 4.90 Å². The van der Waals surface area contributed by atoms with Gasteiger partial charge in [0, 0.05) is 0 Å². The number of hydrogen-bond acceptors (Lipinski definition) is 5. The number of aromatic hydroxyl groups is 1. The van der Waals surface area contributed by atoms with Gasteiger partial charge in [-0.2, -0.15) is 0 Å². The summed E-state index contributed by atoms with van der Waals surface area (Å²) >= 11 is 0. The van der Waals surface area contributed by atoms with Crippen molar-refractivity contribution in [1.82, 2.24) is 5.16 Å². The number of sulfone groups is 1. The lowest BCUT2D eigenvalue weighted by Gasteiger charge is -1.95. The second kappa shape index (κ2) is 3.49. The predicted octanol–water partition coefficient (Wildman–Crippen LogP) is 0.0606. The molecule has 0 spiro atoms. The smallest absolute Gasteiger partial charge is 0.404 e. The molecule has 0 unspecified atom stereocenters. The Labute approximate surface area is 89.4 Å². The molecule has 0 saturated heterocycles. The van der Waals surface area contributed by atoms with E-state index < -0.39 is 20.7 Å². The molecule has 84 valence electrons. The standard InChI is InChI=1S/C8H6N2O5S/c11-7-8(10(12)15-9-7)16(13,14)6-4-2-1-3-5-6/h1-5H,(H-,9,11,12)/p+1. The first kappa shape index (κ1) is 10.4. The molecule has 0 bridgehead atoms. The van der Waals surface area contributed by atoms with Crippen LogP contribution in [-0.2, 0) is 9.84 Å². The first-order valence-corrected chi connectivity index (χ1v) is 5.65. The molecular weight excluding hydrogens is 236 g/mol. The zero-order chi connectivity index (χ0) is 11.8. The largest absolute Gasteiger partial charge is 0.472 e. The van der Waals surface area contributed by atoms with Crippen LogP contribution < -0.4 is 4.60 Å². The number of aromatic amines is 1. The van der Waals surface area contributed by atoms with E-state index in [1.807, 2.05) is 0 Å². The highest BCUT2D eigenvalue weighted by Crippen LogP contribution is 2.22. The number of H-pyrrole nitrogens is 1. The summed E-state index contributed by atoms with van der Waals surface area (Å²) in [4.78, 5) is 10.9. The van der Waals surface area contributed by atoms with Gasteiger partial charge in [-0.25, -0.2) is 8.42 Å². The molecule has 8 heteroatoms. The van der Waals surface area contributed by atoms with Gasteiger partial charge in [0.25, 0.3) is 9.84 Å². The van der Waals surface area contributed by atoms with Gasteiger partial charge in [-0.1, -0.05) is 22.8 Å². The van der Waals surface area contributed by atoms with E-state index in [1.54, 1.807) is 11.2 Å². The van der Waals surface area contributed by atoms with Crippen LogP contribution in [0.25, 0.3) is 0 Å². The molecule has 0 atom stereocenters. The minimum absolute atomic E-state index is 0.107. The summed E-state index contributed by atoms with van der Waals surface area (Å²) in [5, 5.41) is 10.1. The van der Waals surface area contributed by atoms with E-state index in [2.05, 4.69) is 4.63 Å². The first-order chi connectivity index (χ1) is 7.53. The minimum atomic E-state index is -4.08. The van der Waals surface area contributed by atoms with Crippen LogP contribution in [0.5, 0.6) is 5.88 Å². The lowest BCUT2D eigenvalue weighted by atomic mass is 10.4. The lowest BCUT2D eigenvalue weighted by molar-refractivity contribution is -0.744. The Hall–Kier alpha value is -2.09. The zero-order valence-corrected chi connectivity index (χ0v) is 8.64. The number of rotatable bonds is 2. The van der Waals surface area contributed by atoms with Crippen molar-refractivity contribution in [3.05, 3.63) is 35.2 Å². The van der Waals surface area contributed by atoms with E-state index in [4.69, 9.17) is 0 Å². The first-order valence-electron chi connectivity index (χ1n) is 4.17. The van der Waals surface area contributed by atoms with Gasteiger partial charge in [0.15, 0.2) is 0 Å². The number of aromatic nitrogens is 2. The highest BCUT2D eigenvalue weighted by molar-refractivity contribution is 7.91. The molecule has 1 aromatic carbocycles. The third kappa shape index (κ3) is 1.48. The van der Waals surface area contributed by atoms with Crippen LogP contribution in [0.2, 0.25) is 0 Å². The summed E-state index contributed by atoms with van der Waals surface area (Å²) < 4.78 is 27.6. The molecule has 0 saturated carbocycles. The second-order valence-electron chi connectivity index (χ2n) is 2.92. The van der Waals surface area contributed by atoms with Gasteiger partial charge in [-0.3, -0.25) is 0 Å². The Balaban J connectivity index is 2.71. The van der Waals surface area contributed by atoms with Gasteiger partial charge >= 0.3 is 10.9 Å². The van der Waals surface area contributed by atoms with Crippen molar-refractivity contribution >= 4 is 9.84 Å². The topological polar surface area (TPSA) is 106 Å². The van der Waals surface area contributed by atoms with Gasteiger partial charge in [-0.05, 0) is 22.2 Å². The van der Waals surface area contributed by atoms with Gasteiger partial charge in [0.1, 0.15) is 0 Å². The van der Waals surface area contributed by atoms with E-state index in [9.17, 15) is 18.4 Å². The zero-order valence-electron chi connectivity index (χ0n) is 7.82. The van der Waals surface area contributed by atoms with E-state index in [-0.39, 0.29) is 9.50 Å². The summed E-state index contributed by atoms with van der Waals surface area (Å²) in [7, 11) is -4.08. The molecule has 16 heavy (non-hydrogen) atoms. The summed E-state index contributed by atoms with van der Waals surface area (Å²) in [6.07, 6.45) is 0. The molecule has 0 amide bonds. The number of nitrogens with one attached hydrogen (secondary N) is 1. The molecule has 2 rings (SSSR count). The van der Waals surface area contributed by atoms with Crippen LogP contribution in [0.15, 0.2) is 44.9 Å². The van der Waals surface area contributed by atoms with Crippen molar-refractivity contribution in [1.29, 1.82) is 0 Å². The van der Waals surface area contributed by atoms with E-state index in [0.717, 1.165) is 0 Å². The SMILES string of the molecule is O=[n+]1o[nH]c(O)c1S(=O)(=O)c1ccccc1.